The Kier molecular flexibility index (Phi) is 6.44. The van der Waals surface area contributed by atoms with Crippen molar-refractivity contribution in [2.45, 2.75) is 6.54 Å². The lowest BCUT2D eigenvalue weighted by Gasteiger charge is -2.08. The Morgan fingerprint density at radius 3 is 2.60 bits per heavy atom. The van der Waals surface area contributed by atoms with E-state index in [1.807, 2.05) is 6.07 Å². The highest BCUT2D eigenvalue weighted by Crippen LogP contribution is 2.27. The van der Waals surface area contributed by atoms with Crippen LogP contribution in [0.25, 0.3) is 23.0 Å². The number of anilines is 2. The van der Waals surface area contributed by atoms with Crippen molar-refractivity contribution in [2.24, 2.45) is 5.10 Å². The summed E-state index contributed by atoms with van der Waals surface area (Å²) in [5, 5.41) is 31.1. The van der Waals surface area contributed by atoms with Crippen molar-refractivity contribution in [3.05, 3.63) is 23.8 Å². The van der Waals surface area contributed by atoms with Gasteiger partial charge in [-0.15, -0.1) is 5.10 Å². The normalized spacial score (nSPS) is 10.9. The van der Waals surface area contributed by atoms with Crippen LogP contribution in [0.5, 0.6) is 11.5 Å². The van der Waals surface area contributed by atoms with Crippen LogP contribution in [0.1, 0.15) is 5.56 Å². The number of methoxy groups -OCH3 is 1. The van der Waals surface area contributed by atoms with Crippen molar-refractivity contribution < 1.29 is 23.5 Å². The van der Waals surface area contributed by atoms with Gasteiger partial charge < -0.3 is 20.9 Å². The van der Waals surface area contributed by atoms with Gasteiger partial charge in [0.25, 0.3) is 5.91 Å². The maximum atomic E-state index is 12.5. The van der Waals surface area contributed by atoms with E-state index in [0.717, 1.165) is 0 Å². The topological polar surface area (TPSA) is 244 Å². The predicted octanol–water partition coefficient (Wildman–Crippen LogP) is -0.396. The molecule has 0 unspecified atom stereocenters. The largest absolute Gasteiger partial charge is 0.493 e. The first-order valence-corrected chi connectivity index (χ1v) is 9.61. The molecule has 1 aromatic carbocycles. The molecule has 0 saturated carbocycles. The summed E-state index contributed by atoms with van der Waals surface area (Å²) in [7, 11) is 1.46. The van der Waals surface area contributed by atoms with Gasteiger partial charge in [0, 0.05) is 0 Å². The SMILES string of the molecule is COc1cc(/C=N\NC(=O)Cn2nc(-c3nonc3N)nc2-c2nonc2N)ccc1OCC#N. The average molecular weight is 480 g/mol. The summed E-state index contributed by atoms with van der Waals surface area (Å²) in [6, 6.07) is 6.79. The Hall–Kier alpha value is -5.53. The number of hydrazone groups is 1. The van der Waals surface area contributed by atoms with Crippen LogP contribution in [-0.2, 0) is 11.3 Å². The number of carbonyl (C=O) groups is 1. The van der Waals surface area contributed by atoms with Crippen molar-refractivity contribution in [1.29, 1.82) is 5.26 Å². The molecule has 0 saturated heterocycles. The van der Waals surface area contributed by atoms with Crippen LogP contribution in [0.3, 0.4) is 0 Å². The number of aromatic nitrogens is 7. The number of nitrogen functional groups attached to an aromatic ring is 2. The molecular formula is C18H16N12O5. The molecule has 0 fully saturated rings. The van der Waals surface area contributed by atoms with E-state index in [-0.39, 0.29) is 47.8 Å². The molecule has 0 aliphatic heterocycles. The molecule has 4 rings (SSSR count). The van der Waals surface area contributed by atoms with Gasteiger partial charge in [-0.25, -0.2) is 24.3 Å². The Morgan fingerprint density at radius 1 is 1.20 bits per heavy atom. The number of benzene rings is 1. The van der Waals surface area contributed by atoms with Gasteiger partial charge in [-0.3, -0.25) is 4.79 Å². The molecule has 0 aliphatic carbocycles. The number of nitrogens with zero attached hydrogens (tertiary/aromatic N) is 9. The molecule has 0 radical (unpaired) electrons. The quantitative estimate of drug-likeness (QED) is 0.204. The van der Waals surface area contributed by atoms with E-state index in [4.69, 9.17) is 26.2 Å². The van der Waals surface area contributed by atoms with E-state index >= 15 is 0 Å². The smallest absolute Gasteiger partial charge is 0.261 e. The van der Waals surface area contributed by atoms with Gasteiger partial charge in [0.1, 0.15) is 12.6 Å². The molecule has 1 amide bonds. The van der Waals surface area contributed by atoms with Crippen molar-refractivity contribution >= 4 is 23.8 Å². The highest BCUT2D eigenvalue weighted by molar-refractivity contribution is 5.83. The zero-order valence-electron chi connectivity index (χ0n) is 17.9. The van der Waals surface area contributed by atoms with Gasteiger partial charge >= 0.3 is 0 Å². The number of hydrogen-bond donors (Lipinski definition) is 3. The van der Waals surface area contributed by atoms with E-state index in [9.17, 15) is 4.79 Å². The highest BCUT2D eigenvalue weighted by Gasteiger charge is 2.24. The summed E-state index contributed by atoms with van der Waals surface area (Å²) in [4.78, 5) is 16.8. The van der Waals surface area contributed by atoms with Crippen LogP contribution in [0.2, 0.25) is 0 Å². The molecule has 5 N–H and O–H groups in total. The third kappa shape index (κ3) is 4.95. The number of carbonyl (C=O) groups excluding carboxylic acids is 1. The second kappa shape index (κ2) is 9.95. The van der Waals surface area contributed by atoms with Crippen molar-refractivity contribution in [2.75, 3.05) is 25.2 Å². The van der Waals surface area contributed by atoms with Crippen molar-refractivity contribution in [3.63, 3.8) is 0 Å². The van der Waals surface area contributed by atoms with Crippen LogP contribution in [-0.4, -0.2) is 61.2 Å². The van der Waals surface area contributed by atoms with E-state index in [1.165, 1.54) is 18.0 Å². The summed E-state index contributed by atoms with van der Waals surface area (Å²) >= 11 is 0. The van der Waals surface area contributed by atoms with Crippen molar-refractivity contribution in [1.82, 2.24) is 40.8 Å². The number of nitrogens with two attached hydrogens (primary N) is 2. The lowest BCUT2D eigenvalue weighted by molar-refractivity contribution is -0.121. The average Bonchev–Trinajstić information content (AvgIpc) is 3.57. The molecule has 0 bridgehead atoms. The third-order valence-corrected chi connectivity index (χ3v) is 4.30. The summed E-state index contributed by atoms with van der Waals surface area (Å²) < 4.78 is 20.9. The first-order valence-electron chi connectivity index (χ1n) is 9.61. The molecule has 35 heavy (non-hydrogen) atoms. The molecular weight excluding hydrogens is 464 g/mol. The lowest BCUT2D eigenvalue weighted by atomic mass is 10.2. The van der Waals surface area contributed by atoms with Crippen LogP contribution < -0.4 is 26.4 Å². The Balaban J connectivity index is 1.50. The Bertz CT molecular complexity index is 1420. The number of hydrogen-bond acceptors (Lipinski definition) is 15. The fourth-order valence-corrected chi connectivity index (χ4v) is 2.77. The summed E-state index contributed by atoms with van der Waals surface area (Å²) in [6.07, 6.45) is 1.39. The minimum Gasteiger partial charge on any atom is -0.493 e. The molecule has 0 aliphatic rings. The van der Waals surface area contributed by atoms with Gasteiger partial charge in [-0.1, -0.05) is 0 Å². The maximum Gasteiger partial charge on any atom is 0.261 e. The zero-order chi connectivity index (χ0) is 24.8. The van der Waals surface area contributed by atoms with E-state index in [1.54, 1.807) is 18.2 Å². The van der Waals surface area contributed by atoms with Crippen LogP contribution in [0.4, 0.5) is 11.6 Å². The van der Waals surface area contributed by atoms with Crippen LogP contribution in [0, 0.1) is 11.3 Å². The van der Waals surface area contributed by atoms with Crippen LogP contribution in [0.15, 0.2) is 32.6 Å². The first-order chi connectivity index (χ1) is 17.0. The molecule has 3 heterocycles. The minimum atomic E-state index is -0.554. The molecule has 0 atom stereocenters. The number of ether oxygens (including phenoxy) is 2. The van der Waals surface area contributed by atoms with E-state index in [0.29, 0.717) is 17.1 Å². The third-order valence-electron chi connectivity index (χ3n) is 4.30. The number of amides is 1. The van der Waals surface area contributed by atoms with Gasteiger partial charge in [0.2, 0.25) is 5.82 Å². The number of nitrogens with one attached hydrogen (secondary N) is 1. The molecule has 17 nitrogen and oxygen atoms in total. The second-order valence-electron chi connectivity index (χ2n) is 6.56. The summed E-state index contributed by atoms with van der Waals surface area (Å²) in [5.74, 6) is 0.215. The first kappa shape index (κ1) is 22.7. The molecule has 178 valence electrons. The predicted molar refractivity (Wildman–Crippen MR) is 115 cm³/mol. The minimum absolute atomic E-state index is 0.0169. The fourth-order valence-electron chi connectivity index (χ4n) is 2.77. The van der Waals surface area contributed by atoms with Crippen LogP contribution >= 0.6 is 0 Å². The zero-order valence-corrected chi connectivity index (χ0v) is 17.9. The summed E-state index contributed by atoms with van der Waals surface area (Å²) in [6.45, 7) is -0.455. The lowest BCUT2D eigenvalue weighted by Crippen LogP contribution is -2.24. The van der Waals surface area contributed by atoms with Gasteiger partial charge in [-0.05, 0) is 44.4 Å². The van der Waals surface area contributed by atoms with Gasteiger partial charge in [0.15, 0.2) is 47.0 Å². The molecule has 4 aromatic rings. The number of nitriles is 1. The Morgan fingerprint density at radius 2 is 1.94 bits per heavy atom. The molecule has 3 aromatic heterocycles. The fraction of sp³-hybridized carbons (Fsp3) is 0.167. The highest BCUT2D eigenvalue weighted by atomic mass is 16.6. The standard InChI is InChI=1S/C18H16N12O5/c1-32-11-6-9(2-3-10(11)33-5-4-19)7-22-24-12(31)8-30-18(14-16(21)29-35-27-14)23-17(25-30)13-15(20)28-34-26-13/h2-3,6-7H,5,8H2,1H3,(H2,20,28)(H2,21,29)(H,24,31)/b22-7-. The monoisotopic (exact) mass is 480 g/mol. The second-order valence-corrected chi connectivity index (χ2v) is 6.56. The molecule has 17 heteroatoms. The van der Waals surface area contributed by atoms with Gasteiger partial charge in [0.05, 0.1) is 13.3 Å². The van der Waals surface area contributed by atoms with E-state index in [2.05, 4.69) is 50.5 Å². The maximum absolute atomic E-state index is 12.5. The number of rotatable bonds is 9. The van der Waals surface area contributed by atoms with Gasteiger partial charge in [-0.2, -0.15) is 10.4 Å². The Labute approximate surface area is 195 Å². The van der Waals surface area contributed by atoms with Crippen molar-refractivity contribution in [3.8, 4) is 40.6 Å². The van der Waals surface area contributed by atoms with E-state index < -0.39 is 5.91 Å². The molecule has 0 spiro atoms. The summed E-state index contributed by atoms with van der Waals surface area (Å²) in [5.41, 5.74) is 14.6.